The molecule has 3 unspecified atom stereocenters. The minimum Gasteiger partial charge on any atom is -0.496 e. The van der Waals surface area contributed by atoms with Crippen LogP contribution in [0.2, 0.25) is 0 Å². The zero-order valence-electron chi connectivity index (χ0n) is 14.8. The van der Waals surface area contributed by atoms with Crippen LogP contribution in [-0.2, 0) is 4.74 Å². The molecule has 138 valence electrons. The second kappa shape index (κ2) is 6.95. The summed E-state index contributed by atoms with van der Waals surface area (Å²) in [6.45, 7) is 3.09. The average Bonchev–Trinajstić information content (AvgIpc) is 3.28. The predicted molar refractivity (Wildman–Crippen MR) is 92.7 cm³/mol. The van der Waals surface area contributed by atoms with E-state index in [1.54, 1.807) is 12.0 Å². The number of nitrogens with one attached hydrogen (secondary N) is 1. The highest BCUT2D eigenvalue weighted by Gasteiger charge is 2.36. The van der Waals surface area contributed by atoms with Crippen molar-refractivity contribution in [3.63, 3.8) is 0 Å². The van der Waals surface area contributed by atoms with Crippen molar-refractivity contribution in [2.24, 2.45) is 0 Å². The number of methoxy groups -OCH3 is 1. The molecule has 8 heteroatoms. The summed E-state index contributed by atoms with van der Waals surface area (Å²) < 4.78 is 16.4. The number of fused-ring (bicyclic) bond motifs is 2. The Bertz CT molecular complexity index is 781. The normalized spacial score (nSPS) is 22.9. The van der Waals surface area contributed by atoms with E-state index in [4.69, 9.17) is 14.0 Å². The van der Waals surface area contributed by atoms with E-state index in [1.165, 1.54) is 0 Å². The first-order chi connectivity index (χ1) is 12.6. The summed E-state index contributed by atoms with van der Waals surface area (Å²) in [7, 11) is 1.60. The third-order valence-corrected chi connectivity index (χ3v) is 4.83. The fourth-order valence-electron chi connectivity index (χ4n) is 3.47. The summed E-state index contributed by atoms with van der Waals surface area (Å²) in [4.78, 5) is 18.7. The molecule has 3 atom stereocenters. The molecule has 26 heavy (non-hydrogen) atoms. The highest BCUT2D eigenvalue weighted by atomic mass is 16.5. The molecule has 1 aromatic heterocycles. The molecular formula is C18H22N4O4. The number of amides is 2. The number of carbonyl (C=O) groups excluding carboxylic acids is 1. The van der Waals surface area contributed by atoms with Gasteiger partial charge in [0.1, 0.15) is 11.8 Å². The van der Waals surface area contributed by atoms with Gasteiger partial charge in [-0.05, 0) is 31.9 Å². The van der Waals surface area contributed by atoms with Crippen LogP contribution in [-0.4, -0.2) is 53.5 Å². The summed E-state index contributed by atoms with van der Waals surface area (Å²) in [6.07, 6.45) is 2.37. The van der Waals surface area contributed by atoms with Crippen molar-refractivity contribution < 1.29 is 18.8 Å². The molecule has 2 saturated heterocycles. The van der Waals surface area contributed by atoms with Crippen LogP contribution in [0, 0.1) is 0 Å². The smallest absolute Gasteiger partial charge is 0.318 e. The minimum absolute atomic E-state index is 0.130. The number of aromatic nitrogens is 2. The van der Waals surface area contributed by atoms with E-state index in [0.29, 0.717) is 30.6 Å². The Morgan fingerprint density at radius 2 is 2.04 bits per heavy atom. The van der Waals surface area contributed by atoms with E-state index < -0.39 is 0 Å². The molecular weight excluding hydrogens is 336 g/mol. The van der Waals surface area contributed by atoms with Gasteiger partial charge in [0.2, 0.25) is 11.7 Å². The number of hydrogen-bond acceptors (Lipinski definition) is 6. The molecule has 3 heterocycles. The zero-order valence-corrected chi connectivity index (χ0v) is 14.8. The molecule has 0 spiro atoms. The number of urea groups is 1. The van der Waals surface area contributed by atoms with Crippen LogP contribution < -0.4 is 10.1 Å². The third-order valence-electron chi connectivity index (χ3n) is 4.83. The van der Waals surface area contributed by atoms with Crippen molar-refractivity contribution in [2.75, 3.05) is 20.2 Å². The lowest BCUT2D eigenvalue weighted by Crippen LogP contribution is -2.50. The summed E-state index contributed by atoms with van der Waals surface area (Å²) in [5.74, 6) is 1.46. The molecule has 8 nitrogen and oxygen atoms in total. The quantitative estimate of drug-likeness (QED) is 0.902. The van der Waals surface area contributed by atoms with Gasteiger partial charge in [-0.3, -0.25) is 0 Å². The Balaban J connectivity index is 1.43. The highest BCUT2D eigenvalue weighted by Crippen LogP contribution is 2.29. The second-order valence-electron chi connectivity index (χ2n) is 6.69. The van der Waals surface area contributed by atoms with Gasteiger partial charge >= 0.3 is 6.03 Å². The Labute approximate surface area is 151 Å². The van der Waals surface area contributed by atoms with E-state index in [2.05, 4.69) is 15.5 Å². The predicted octanol–water partition coefficient (Wildman–Crippen LogP) is 2.38. The van der Waals surface area contributed by atoms with Crippen molar-refractivity contribution in [1.82, 2.24) is 20.4 Å². The number of carbonyl (C=O) groups is 1. The fourth-order valence-corrected chi connectivity index (χ4v) is 3.47. The number of hydrogen-bond donors (Lipinski definition) is 1. The van der Waals surface area contributed by atoms with Gasteiger partial charge in [0.25, 0.3) is 0 Å². The first-order valence-corrected chi connectivity index (χ1v) is 8.82. The van der Waals surface area contributed by atoms with Crippen LogP contribution in [0.5, 0.6) is 5.75 Å². The van der Waals surface area contributed by atoms with Gasteiger partial charge in [0.05, 0.1) is 24.9 Å². The van der Waals surface area contributed by atoms with Gasteiger partial charge in [0.15, 0.2) is 0 Å². The Hall–Kier alpha value is -2.61. The summed E-state index contributed by atoms with van der Waals surface area (Å²) in [5, 5.41) is 6.95. The SMILES string of the molecule is COc1ccccc1-c1noc(C(C)NC(=O)N2CC3CCC(C2)O3)n1. The van der Waals surface area contributed by atoms with Crippen LogP contribution in [0.25, 0.3) is 11.4 Å². The average molecular weight is 358 g/mol. The molecule has 1 aromatic carbocycles. The number of morpholine rings is 1. The van der Waals surface area contributed by atoms with Gasteiger partial charge in [-0.1, -0.05) is 17.3 Å². The molecule has 0 aliphatic carbocycles. The first-order valence-electron chi connectivity index (χ1n) is 8.82. The lowest BCUT2D eigenvalue weighted by atomic mass is 10.2. The maximum Gasteiger partial charge on any atom is 0.318 e. The van der Waals surface area contributed by atoms with Crippen molar-refractivity contribution >= 4 is 6.03 Å². The Morgan fingerprint density at radius 1 is 1.31 bits per heavy atom. The van der Waals surface area contributed by atoms with E-state index in [-0.39, 0.29) is 24.3 Å². The number of para-hydroxylation sites is 1. The van der Waals surface area contributed by atoms with E-state index >= 15 is 0 Å². The van der Waals surface area contributed by atoms with Crippen LogP contribution in [0.15, 0.2) is 28.8 Å². The number of nitrogens with zero attached hydrogens (tertiary/aromatic N) is 3. The number of benzene rings is 1. The summed E-state index contributed by atoms with van der Waals surface area (Å²) in [5.41, 5.74) is 0.744. The zero-order chi connectivity index (χ0) is 18.1. The standard InChI is InChI=1S/C18H22N4O4/c1-11(19-18(23)22-9-12-7-8-13(10-22)25-12)17-20-16(21-26-17)14-5-3-4-6-15(14)24-2/h3-6,11-13H,7-10H2,1-2H3,(H,19,23). The molecule has 4 rings (SSSR count). The summed E-state index contributed by atoms with van der Waals surface area (Å²) >= 11 is 0. The minimum atomic E-state index is -0.390. The van der Waals surface area contributed by atoms with Gasteiger partial charge in [0, 0.05) is 13.1 Å². The third kappa shape index (κ3) is 3.24. The molecule has 0 radical (unpaired) electrons. The summed E-state index contributed by atoms with van der Waals surface area (Å²) in [6, 6.07) is 6.94. The molecule has 1 N–H and O–H groups in total. The van der Waals surface area contributed by atoms with Crippen LogP contribution in [0.3, 0.4) is 0 Å². The van der Waals surface area contributed by atoms with Crippen LogP contribution >= 0.6 is 0 Å². The largest absolute Gasteiger partial charge is 0.496 e. The molecule has 0 saturated carbocycles. The van der Waals surface area contributed by atoms with Crippen LogP contribution in [0.1, 0.15) is 31.7 Å². The molecule has 2 fully saturated rings. The Kier molecular flexibility index (Phi) is 4.50. The van der Waals surface area contributed by atoms with E-state index in [9.17, 15) is 4.79 Å². The number of rotatable bonds is 4. The van der Waals surface area contributed by atoms with Gasteiger partial charge in [-0.25, -0.2) is 4.79 Å². The molecule has 2 aliphatic rings. The molecule has 2 aliphatic heterocycles. The fraction of sp³-hybridized carbons (Fsp3) is 0.500. The monoisotopic (exact) mass is 358 g/mol. The lowest BCUT2D eigenvalue weighted by Gasteiger charge is -2.32. The van der Waals surface area contributed by atoms with Gasteiger partial charge in [-0.2, -0.15) is 4.98 Å². The topological polar surface area (TPSA) is 89.7 Å². The molecule has 2 bridgehead atoms. The lowest BCUT2D eigenvalue weighted by molar-refractivity contribution is -0.0241. The van der Waals surface area contributed by atoms with Gasteiger partial charge in [-0.15, -0.1) is 0 Å². The van der Waals surface area contributed by atoms with E-state index in [1.807, 2.05) is 31.2 Å². The van der Waals surface area contributed by atoms with Crippen LogP contribution in [0.4, 0.5) is 4.79 Å². The van der Waals surface area contributed by atoms with E-state index in [0.717, 1.165) is 18.4 Å². The molecule has 2 amide bonds. The maximum atomic E-state index is 12.5. The number of likely N-dealkylation sites (tertiary alicyclic amines) is 1. The Morgan fingerprint density at radius 3 is 2.77 bits per heavy atom. The maximum absolute atomic E-state index is 12.5. The highest BCUT2D eigenvalue weighted by molar-refractivity contribution is 5.74. The second-order valence-corrected chi connectivity index (χ2v) is 6.69. The van der Waals surface area contributed by atoms with Crippen molar-refractivity contribution in [1.29, 1.82) is 0 Å². The number of ether oxygens (including phenoxy) is 2. The van der Waals surface area contributed by atoms with Gasteiger partial charge < -0.3 is 24.2 Å². The molecule has 2 aromatic rings. The van der Waals surface area contributed by atoms with Crippen molar-refractivity contribution in [3.8, 4) is 17.1 Å². The van der Waals surface area contributed by atoms with Crippen molar-refractivity contribution in [3.05, 3.63) is 30.2 Å². The van der Waals surface area contributed by atoms with Crippen molar-refractivity contribution in [2.45, 2.75) is 38.0 Å². The first kappa shape index (κ1) is 16.8.